The van der Waals surface area contributed by atoms with Crippen LogP contribution in [0.3, 0.4) is 0 Å². The third-order valence-corrected chi connectivity index (χ3v) is 5.61. The van der Waals surface area contributed by atoms with E-state index in [0.717, 1.165) is 24.9 Å². The zero-order chi connectivity index (χ0) is 17.2. The number of carbonyl (C=O) groups is 1. The molecule has 3 atom stereocenters. The van der Waals surface area contributed by atoms with Crippen molar-refractivity contribution in [2.45, 2.75) is 37.9 Å². The van der Waals surface area contributed by atoms with Gasteiger partial charge in [0.25, 0.3) is 0 Å². The minimum absolute atomic E-state index is 0.0600. The van der Waals surface area contributed by atoms with Gasteiger partial charge in [0.1, 0.15) is 5.75 Å². The number of phenolic OH excluding ortho intramolecular Hbond substituents is 1. The highest BCUT2D eigenvalue weighted by Gasteiger charge is 2.46. The Morgan fingerprint density at radius 1 is 1.12 bits per heavy atom. The van der Waals surface area contributed by atoms with Crippen molar-refractivity contribution < 1.29 is 9.90 Å². The van der Waals surface area contributed by atoms with E-state index in [4.69, 9.17) is 0 Å². The molecule has 0 aliphatic carbocycles. The van der Waals surface area contributed by atoms with Crippen LogP contribution in [0.15, 0.2) is 54.6 Å². The first-order chi connectivity index (χ1) is 12.2. The molecular formula is C21H24N2O2. The lowest BCUT2D eigenvalue weighted by Gasteiger charge is -2.24. The molecule has 2 heterocycles. The fourth-order valence-corrected chi connectivity index (χ4v) is 4.39. The highest BCUT2D eigenvalue weighted by Crippen LogP contribution is 2.44. The van der Waals surface area contributed by atoms with E-state index in [2.05, 4.69) is 34.5 Å². The summed E-state index contributed by atoms with van der Waals surface area (Å²) in [6, 6.07) is 18.3. The summed E-state index contributed by atoms with van der Waals surface area (Å²) < 4.78 is 0. The number of hydrogen-bond acceptors (Lipinski definition) is 3. The molecular weight excluding hydrogens is 312 g/mol. The summed E-state index contributed by atoms with van der Waals surface area (Å²) in [5.74, 6) is 0.464. The highest BCUT2D eigenvalue weighted by molar-refractivity contribution is 5.80. The van der Waals surface area contributed by atoms with Crippen molar-refractivity contribution in [3.05, 3.63) is 65.7 Å². The summed E-state index contributed by atoms with van der Waals surface area (Å²) in [6.07, 6.45) is 3.19. The van der Waals surface area contributed by atoms with Crippen molar-refractivity contribution in [1.29, 1.82) is 0 Å². The van der Waals surface area contributed by atoms with Gasteiger partial charge in [-0.1, -0.05) is 42.5 Å². The minimum atomic E-state index is 0.0600. The van der Waals surface area contributed by atoms with Crippen LogP contribution in [0.5, 0.6) is 5.75 Å². The third-order valence-electron chi connectivity index (χ3n) is 5.61. The SMILES string of the molecule is O=C(NCc1ccc(O)cc1)[C@H]1C[C@@H](c2ccccc2)N2CCC[C@H]12. The smallest absolute Gasteiger partial charge is 0.225 e. The monoisotopic (exact) mass is 336 g/mol. The second-order valence-corrected chi connectivity index (χ2v) is 7.10. The minimum Gasteiger partial charge on any atom is -0.508 e. The van der Waals surface area contributed by atoms with Crippen molar-refractivity contribution in [2.24, 2.45) is 5.92 Å². The molecule has 2 saturated heterocycles. The number of carbonyl (C=O) groups excluding carboxylic acids is 1. The number of nitrogens with zero attached hydrogens (tertiary/aromatic N) is 1. The van der Waals surface area contributed by atoms with Crippen LogP contribution in [0.25, 0.3) is 0 Å². The largest absolute Gasteiger partial charge is 0.508 e. The average Bonchev–Trinajstić information content (AvgIpc) is 3.24. The molecule has 2 aromatic rings. The maximum atomic E-state index is 12.8. The van der Waals surface area contributed by atoms with Gasteiger partial charge in [-0.3, -0.25) is 9.69 Å². The summed E-state index contributed by atoms with van der Waals surface area (Å²) in [7, 11) is 0. The Hall–Kier alpha value is -2.33. The number of aromatic hydroxyl groups is 1. The Balaban J connectivity index is 1.44. The molecule has 0 unspecified atom stereocenters. The number of amides is 1. The van der Waals surface area contributed by atoms with Gasteiger partial charge in [0.05, 0.1) is 5.92 Å². The Kier molecular flexibility index (Phi) is 4.45. The van der Waals surface area contributed by atoms with Gasteiger partial charge in [-0.15, -0.1) is 0 Å². The standard InChI is InChI=1S/C21H24N2O2/c24-17-10-8-15(9-11-17)14-22-21(25)18-13-20(16-5-2-1-3-6-16)23-12-4-7-19(18)23/h1-3,5-6,8-11,18-20,24H,4,7,12-14H2,(H,22,25)/t18-,19+,20-/m0/s1. The number of nitrogens with one attached hydrogen (secondary N) is 1. The van der Waals surface area contributed by atoms with Gasteiger partial charge >= 0.3 is 0 Å². The molecule has 4 rings (SSSR count). The summed E-state index contributed by atoms with van der Waals surface area (Å²) in [6.45, 7) is 1.60. The van der Waals surface area contributed by atoms with Crippen LogP contribution in [0, 0.1) is 5.92 Å². The molecule has 0 saturated carbocycles. The van der Waals surface area contributed by atoms with Crippen LogP contribution >= 0.6 is 0 Å². The maximum Gasteiger partial charge on any atom is 0.225 e. The highest BCUT2D eigenvalue weighted by atomic mass is 16.3. The molecule has 2 N–H and O–H groups in total. The van der Waals surface area contributed by atoms with E-state index >= 15 is 0 Å². The van der Waals surface area contributed by atoms with E-state index in [0.29, 0.717) is 18.6 Å². The Bertz CT molecular complexity index is 729. The molecule has 0 spiro atoms. The lowest BCUT2D eigenvalue weighted by Crippen LogP contribution is -2.37. The van der Waals surface area contributed by atoms with E-state index in [9.17, 15) is 9.90 Å². The average molecular weight is 336 g/mol. The molecule has 0 radical (unpaired) electrons. The lowest BCUT2D eigenvalue weighted by atomic mass is 9.93. The Labute approximate surface area is 148 Å². The first-order valence-corrected chi connectivity index (χ1v) is 9.08. The van der Waals surface area contributed by atoms with Gasteiger partial charge in [0.2, 0.25) is 5.91 Å². The normalized spacial score (nSPS) is 25.7. The van der Waals surface area contributed by atoms with Gasteiger partial charge in [0, 0.05) is 18.6 Å². The molecule has 2 aromatic carbocycles. The first-order valence-electron chi connectivity index (χ1n) is 9.08. The molecule has 1 amide bonds. The van der Waals surface area contributed by atoms with Crippen molar-refractivity contribution in [1.82, 2.24) is 10.2 Å². The van der Waals surface area contributed by atoms with Crippen molar-refractivity contribution in [3.8, 4) is 5.75 Å². The van der Waals surface area contributed by atoms with Gasteiger partial charge in [0.15, 0.2) is 0 Å². The number of benzene rings is 2. The van der Waals surface area contributed by atoms with Crippen LogP contribution in [-0.4, -0.2) is 28.5 Å². The van der Waals surface area contributed by atoms with Crippen LogP contribution in [0.2, 0.25) is 0 Å². The molecule has 4 nitrogen and oxygen atoms in total. The zero-order valence-electron chi connectivity index (χ0n) is 14.3. The molecule has 0 aromatic heterocycles. The summed E-state index contributed by atoms with van der Waals surface area (Å²) in [5, 5.41) is 12.5. The van der Waals surface area contributed by atoms with Gasteiger partial charge in [-0.05, 0) is 49.1 Å². The number of phenols is 1. The van der Waals surface area contributed by atoms with Crippen molar-refractivity contribution in [2.75, 3.05) is 6.54 Å². The summed E-state index contributed by atoms with van der Waals surface area (Å²) in [5.41, 5.74) is 2.33. The zero-order valence-corrected chi connectivity index (χ0v) is 14.3. The van der Waals surface area contributed by atoms with Crippen molar-refractivity contribution in [3.63, 3.8) is 0 Å². The molecule has 2 aliphatic rings. The predicted molar refractivity (Wildman–Crippen MR) is 97.0 cm³/mol. The second-order valence-electron chi connectivity index (χ2n) is 7.10. The van der Waals surface area contributed by atoms with Crippen LogP contribution in [-0.2, 0) is 11.3 Å². The number of hydrogen-bond donors (Lipinski definition) is 2. The second kappa shape index (κ2) is 6.89. The molecule has 2 aliphatic heterocycles. The van der Waals surface area contributed by atoms with Crippen molar-refractivity contribution >= 4 is 5.91 Å². The Morgan fingerprint density at radius 3 is 2.64 bits per heavy atom. The van der Waals surface area contributed by atoms with E-state index in [1.165, 1.54) is 12.0 Å². The van der Waals surface area contributed by atoms with E-state index in [1.54, 1.807) is 12.1 Å². The Morgan fingerprint density at radius 2 is 1.88 bits per heavy atom. The van der Waals surface area contributed by atoms with Crippen LogP contribution in [0.4, 0.5) is 0 Å². The first kappa shape index (κ1) is 16.2. The quantitative estimate of drug-likeness (QED) is 0.901. The fraction of sp³-hybridized carbons (Fsp3) is 0.381. The van der Waals surface area contributed by atoms with Gasteiger partial charge < -0.3 is 10.4 Å². The molecule has 0 bridgehead atoms. The molecule has 2 fully saturated rings. The lowest BCUT2D eigenvalue weighted by molar-refractivity contribution is -0.125. The van der Waals surface area contributed by atoms with E-state index in [1.807, 2.05) is 18.2 Å². The summed E-state index contributed by atoms with van der Waals surface area (Å²) in [4.78, 5) is 15.3. The maximum absolute atomic E-state index is 12.8. The predicted octanol–water partition coefficient (Wildman–Crippen LogP) is 3.23. The molecule has 25 heavy (non-hydrogen) atoms. The summed E-state index contributed by atoms with van der Waals surface area (Å²) >= 11 is 0. The third kappa shape index (κ3) is 3.27. The van der Waals surface area contributed by atoms with Gasteiger partial charge in [-0.2, -0.15) is 0 Å². The van der Waals surface area contributed by atoms with Crippen LogP contribution in [0.1, 0.15) is 36.4 Å². The molecule has 130 valence electrons. The molecule has 4 heteroatoms. The van der Waals surface area contributed by atoms with Crippen LogP contribution < -0.4 is 5.32 Å². The number of fused-ring (bicyclic) bond motifs is 1. The van der Waals surface area contributed by atoms with Gasteiger partial charge in [-0.25, -0.2) is 0 Å². The number of rotatable bonds is 4. The van der Waals surface area contributed by atoms with E-state index < -0.39 is 0 Å². The van der Waals surface area contributed by atoms with E-state index in [-0.39, 0.29) is 17.6 Å². The fourth-order valence-electron chi connectivity index (χ4n) is 4.39. The topological polar surface area (TPSA) is 52.6 Å².